The maximum Gasteiger partial charge on any atom is 0.148 e. The largest absolute Gasteiger partial charge is 0.384 e. The Balaban J connectivity index is 2.32. The first-order valence-corrected chi connectivity index (χ1v) is 6.23. The molecule has 0 fully saturated rings. The number of nitrogen functional groups attached to an aromatic ring is 1. The van der Waals surface area contributed by atoms with Gasteiger partial charge >= 0.3 is 0 Å². The Morgan fingerprint density at radius 2 is 2.10 bits per heavy atom. The average Bonchev–Trinajstić information content (AvgIpc) is 2.44. The molecule has 1 aromatic carbocycles. The number of nitrogens with one attached hydrogen (secondary N) is 1. The number of halogens is 2. The maximum atomic E-state index is 13.5. The lowest BCUT2D eigenvalue weighted by atomic mass is 9.98. The van der Waals surface area contributed by atoms with Crippen molar-refractivity contribution in [2.75, 3.05) is 5.73 Å². The molecule has 2 rings (SSSR count). The Labute approximate surface area is 120 Å². The highest BCUT2D eigenvalue weighted by Gasteiger charge is 2.12. The number of nitrogens with zero attached hydrogens (tertiary/aromatic N) is 2. The van der Waals surface area contributed by atoms with Crippen LogP contribution >= 0.6 is 0 Å². The topological polar surface area (TPSA) is 75.1 Å². The van der Waals surface area contributed by atoms with Crippen molar-refractivity contribution >= 4 is 23.4 Å². The zero-order valence-corrected chi connectivity index (χ0v) is 11.3. The van der Waals surface area contributed by atoms with Crippen molar-refractivity contribution in [3.63, 3.8) is 0 Å². The molecule has 1 unspecified atom stereocenters. The highest BCUT2D eigenvalue weighted by atomic mass is 19.1. The molecule has 1 heterocycles. The third kappa shape index (κ3) is 3.68. The lowest BCUT2D eigenvalue weighted by molar-refractivity contribution is 0.602. The highest BCUT2D eigenvalue weighted by Crippen LogP contribution is 2.21. The minimum absolute atomic E-state index is 0.107. The van der Waals surface area contributed by atoms with Gasteiger partial charge in [-0.2, -0.15) is 0 Å². The molecule has 0 aliphatic rings. The van der Waals surface area contributed by atoms with Crippen LogP contribution in [0.15, 0.2) is 41.5 Å². The van der Waals surface area contributed by atoms with Crippen LogP contribution in [0.4, 0.5) is 20.3 Å². The molecule has 2 aromatic rings. The predicted molar refractivity (Wildman–Crippen MR) is 79.3 cm³/mol. The molecular formula is C15H14F2N4. The summed E-state index contributed by atoms with van der Waals surface area (Å²) < 4.78 is 26.6. The lowest BCUT2D eigenvalue weighted by Crippen LogP contribution is -2.10. The lowest BCUT2D eigenvalue weighted by Gasteiger charge is -2.10. The summed E-state index contributed by atoms with van der Waals surface area (Å²) >= 11 is 0. The second-order valence-electron chi connectivity index (χ2n) is 4.55. The number of rotatable bonds is 4. The monoisotopic (exact) mass is 288 g/mol. The zero-order valence-electron chi connectivity index (χ0n) is 11.3. The summed E-state index contributed by atoms with van der Waals surface area (Å²) in [5.74, 6) is -1.29. The molecule has 1 aromatic heterocycles. The van der Waals surface area contributed by atoms with Gasteiger partial charge in [-0.25, -0.2) is 13.8 Å². The SMILES string of the molecule is CC(=N)C(C=Nc1cc(F)ccc1F)c1ccc(N)nc1. The van der Waals surface area contributed by atoms with E-state index in [-0.39, 0.29) is 5.69 Å². The van der Waals surface area contributed by atoms with Gasteiger partial charge in [-0.1, -0.05) is 6.07 Å². The smallest absolute Gasteiger partial charge is 0.148 e. The number of hydrogen-bond donors (Lipinski definition) is 2. The first-order chi connectivity index (χ1) is 9.97. The Bertz CT molecular complexity index is 681. The summed E-state index contributed by atoms with van der Waals surface area (Å²) in [4.78, 5) is 7.90. The van der Waals surface area contributed by atoms with Gasteiger partial charge in [-0.15, -0.1) is 0 Å². The van der Waals surface area contributed by atoms with Crippen LogP contribution in [0.2, 0.25) is 0 Å². The van der Waals surface area contributed by atoms with Gasteiger partial charge in [-0.05, 0) is 30.7 Å². The van der Waals surface area contributed by atoms with Crippen LogP contribution in [-0.2, 0) is 0 Å². The van der Waals surface area contributed by atoms with Crippen molar-refractivity contribution in [1.29, 1.82) is 5.41 Å². The van der Waals surface area contributed by atoms with Crippen LogP contribution in [0.1, 0.15) is 18.4 Å². The minimum Gasteiger partial charge on any atom is -0.384 e. The van der Waals surface area contributed by atoms with Crippen LogP contribution in [0, 0.1) is 17.0 Å². The van der Waals surface area contributed by atoms with E-state index in [1.807, 2.05) is 0 Å². The van der Waals surface area contributed by atoms with E-state index in [2.05, 4.69) is 9.98 Å². The molecule has 21 heavy (non-hydrogen) atoms. The summed E-state index contributed by atoms with van der Waals surface area (Å²) in [5.41, 5.74) is 6.42. The molecule has 3 N–H and O–H groups in total. The molecule has 0 saturated heterocycles. The zero-order chi connectivity index (χ0) is 15.4. The number of pyridine rings is 1. The normalized spacial score (nSPS) is 12.5. The Kier molecular flexibility index (Phi) is 4.37. The van der Waals surface area contributed by atoms with Gasteiger partial charge in [-0.3, -0.25) is 4.99 Å². The fourth-order valence-electron chi connectivity index (χ4n) is 1.79. The van der Waals surface area contributed by atoms with Crippen LogP contribution in [0.25, 0.3) is 0 Å². The molecule has 6 heteroatoms. The number of hydrogen-bond acceptors (Lipinski definition) is 4. The molecule has 0 aliphatic heterocycles. The molecule has 0 amide bonds. The summed E-state index contributed by atoms with van der Waals surface area (Å²) in [6, 6.07) is 6.38. The third-order valence-electron chi connectivity index (χ3n) is 2.91. The van der Waals surface area contributed by atoms with Crippen LogP contribution in [-0.4, -0.2) is 16.9 Å². The Morgan fingerprint density at radius 1 is 1.33 bits per heavy atom. The fraction of sp³-hybridized carbons (Fsp3) is 0.133. The second kappa shape index (κ2) is 6.21. The summed E-state index contributed by atoms with van der Waals surface area (Å²) in [6.45, 7) is 1.61. The highest BCUT2D eigenvalue weighted by molar-refractivity contribution is 6.01. The van der Waals surface area contributed by atoms with Crippen molar-refractivity contribution in [3.05, 3.63) is 53.7 Å². The van der Waals surface area contributed by atoms with Crippen molar-refractivity contribution in [1.82, 2.24) is 4.98 Å². The maximum absolute atomic E-state index is 13.5. The Morgan fingerprint density at radius 3 is 2.71 bits per heavy atom. The van der Waals surface area contributed by atoms with Crippen LogP contribution < -0.4 is 5.73 Å². The number of aliphatic imine (C=N–C) groups is 1. The van der Waals surface area contributed by atoms with Gasteiger partial charge < -0.3 is 11.1 Å². The van der Waals surface area contributed by atoms with Crippen LogP contribution in [0.3, 0.4) is 0 Å². The van der Waals surface area contributed by atoms with Gasteiger partial charge in [0, 0.05) is 24.2 Å². The molecule has 0 aliphatic carbocycles. The van der Waals surface area contributed by atoms with E-state index in [4.69, 9.17) is 11.1 Å². The van der Waals surface area contributed by atoms with Gasteiger partial charge in [0.05, 0.1) is 5.92 Å². The molecule has 0 bridgehead atoms. The van der Waals surface area contributed by atoms with Gasteiger partial charge in [0.25, 0.3) is 0 Å². The number of benzene rings is 1. The first kappa shape index (κ1) is 14.8. The summed E-state index contributed by atoms with van der Waals surface area (Å²) in [6.07, 6.45) is 2.93. The average molecular weight is 288 g/mol. The van der Waals surface area contributed by atoms with E-state index >= 15 is 0 Å². The van der Waals surface area contributed by atoms with Crippen molar-refractivity contribution in [2.24, 2.45) is 4.99 Å². The van der Waals surface area contributed by atoms with E-state index in [1.54, 1.807) is 19.1 Å². The third-order valence-corrected chi connectivity index (χ3v) is 2.91. The van der Waals surface area contributed by atoms with Crippen LogP contribution in [0.5, 0.6) is 0 Å². The fourth-order valence-corrected chi connectivity index (χ4v) is 1.79. The van der Waals surface area contributed by atoms with Gasteiger partial charge in [0.15, 0.2) is 0 Å². The number of nitrogens with two attached hydrogens (primary N) is 1. The molecule has 4 nitrogen and oxygen atoms in total. The van der Waals surface area contributed by atoms with Crippen molar-refractivity contribution in [2.45, 2.75) is 12.8 Å². The summed E-state index contributed by atoms with van der Waals surface area (Å²) in [7, 11) is 0. The number of aromatic nitrogens is 1. The van der Waals surface area contributed by atoms with E-state index in [0.717, 1.165) is 18.2 Å². The molecule has 1 atom stereocenters. The standard InChI is InChI=1S/C15H14F2N4/c1-9(18)12(10-2-5-15(19)21-7-10)8-20-14-6-11(16)3-4-13(14)17/h2-8,12,18H,1H3,(H2,19,21). The van der Waals surface area contributed by atoms with Crippen molar-refractivity contribution in [3.8, 4) is 0 Å². The Hall–Kier alpha value is -2.63. The minimum atomic E-state index is -0.621. The van der Waals surface area contributed by atoms with E-state index in [0.29, 0.717) is 17.1 Å². The quantitative estimate of drug-likeness (QED) is 0.845. The molecule has 0 saturated carbocycles. The molecule has 0 radical (unpaired) electrons. The predicted octanol–water partition coefficient (Wildman–Crippen LogP) is 3.47. The van der Waals surface area contributed by atoms with Crippen molar-refractivity contribution < 1.29 is 8.78 Å². The summed E-state index contributed by atoms with van der Waals surface area (Å²) in [5, 5.41) is 7.79. The molecular weight excluding hydrogens is 274 g/mol. The molecule has 0 spiro atoms. The van der Waals surface area contributed by atoms with Gasteiger partial charge in [0.1, 0.15) is 23.1 Å². The van der Waals surface area contributed by atoms with E-state index in [9.17, 15) is 8.78 Å². The molecule has 108 valence electrons. The second-order valence-corrected chi connectivity index (χ2v) is 4.55. The first-order valence-electron chi connectivity index (χ1n) is 6.23. The van der Waals surface area contributed by atoms with E-state index in [1.165, 1.54) is 12.4 Å². The number of anilines is 1. The van der Waals surface area contributed by atoms with Gasteiger partial charge in [0.2, 0.25) is 0 Å². The van der Waals surface area contributed by atoms with E-state index < -0.39 is 17.6 Å².